The van der Waals surface area contributed by atoms with Gasteiger partial charge in [-0.1, -0.05) is 30.3 Å². The Morgan fingerprint density at radius 2 is 1.73 bits per heavy atom. The van der Waals surface area contributed by atoms with Gasteiger partial charge in [0.25, 0.3) is 11.8 Å². The normalized spacial score (nSPS) is 13.3. The third-order valence-electron chi connectivity index (χ3n) is 4.40. The Balaban J connectivity index is 2.30. The van der Waals surface area contributed by atoms with Crippen LogP contribution in [0.2, 0.25) is 0 Å². The van der Waals surface area contributed by atoms with Gasteiger partial charge in [0, 0.05) is 24.2 Å². The summed E-state index contributed by atoms with van der Waals surface area (Å²) in [7, 11) is 0. The van der Waals surface area contributed by atoms with Gasteiger partial charge in [-0.25, -0.2) is 0 Å². The van der Waals surface area contributed by atoms with E-state index in [9.17, 15) is 22.8 Å². The standard InChI is InChI=1S/C21H24F3N3O3/c1-3-26-18(28)15-9-7-8-14(12-15)13-27-19(29)20(25,21(22,23)24)16-10-5-6-11-17(16)30-4-2/h5-12H,3-4,13,25H2,1-2H3,(H,26,28)(H,27,29)/t20-/m1/s1. The highest BCUT2D eigenvalue weighted by Crippen LogP contribution is 2.41. The molecule has 0 aliphatic heterocycles. The highest BCUT2D eigenvalue weighted by atomic mass is 19.4. The van der Waals surface area contributed by atoms with Gasteiger partial charge >= 0.3 is 6.18 Å². The number of benzene rings is 2. The van der Waals surface area contributed by atoms with Crippen LogP contribution in [0.25, 0.3) is 0 Å². The highest BCUT2D eigenvalue weighted by Gasteiger charge is 2.60. The first-order valence-corrected chi connectivity index (χ1v) is 9.38. The maximum atomic E-state index is 13.9. The SMILES string of the molecule is CCNC(=O)c1cccc(CNC(=O)[C@](N)(c2ccccc2OCC)C(F)(F)F)c1. The number of para-hydroxylation sites is 1. The van der Waals surface area contributed by atoms with Crippen LogP contribution in [0.1, 0.15) is 35.3 Å². The molecule has 0 saturated heterocycles. The van der Waals surface area contributed by atoms with Crippen LogP contribution in [0.15, 0.2) is 48.5 Å². The fraction of sp³-hybridized carbons (Fsp3) is 0.333. The molecule has 1 atom stereocenters. The van der Waals surface area contributed by atoms with E-state index in [1.807, 2.05) is 0 Å². The molecule has 9 heteroatoms. The van der Waals surface area contributed by atoms with E-state index in [0.29, 0.717) is 17.7 Å². The molecule has 0 spiro atoms. The first-order chi connectivity index (χ1) is 14.1. The predicted molar refractivity (Wildman–Crippen MR) is 106 cm³/mol. The smallest absolute Gasteiger partial charge is 0.419 e. The Labute approximate surface area is 172 Å². The Hall–Kier alpha value is -3.07. The summed E-state index contributed by atoms with van der Waals surface area (Å²) < 4.78 is 47.1. The number of amides is 2. The second-order valence-electron chi connectivity index (χ2n) is 6.48. The Bertz CT molecular complexity index is 902. The van der Waals surface area contributed by atoms with Crippen molar-refractivity contribution in [3.8, 4) is 5.75 Å². The summed E-state index contributed by atoms with van der Waals surface area (Å²) in [5.41, 5.74) is 2.67. The zero-order chi connectivity index (χ0) is 22.4. The lowest BCUT2D eigenvalue weighted by atomic mass is 9.88. The van der Waals surface area contributed by atoms with Gasteiger partial charge in [0.1, 0.15) is 5.75 Å². The quantitative estimate of drug-likeness (QED) is 0.609. The first kappa shape index (κ1) is 23.2. The van der Waals surface area contributed by atoms with Crippen molar-refractivity contribution in [2.45, 2.75) is 32.1 Å². The molecule has 0 aliphatic carbocycles. The fourth-order valence-corrected chi connectivity index (χ4v) is 2.88. The summed E-state index contributed by atoms with van der Waals surface area (Å²) in [4.78, 5) is 24.6. The summed E-state index contributed by atoms with van der Waals surface area (Å²) >= 11 is 0. The molecule has 0 saturated carbocycles. The van der Waals surface area contributed by atoms with Crippen LogP contribution in [0, 0.1) is 0 Å². The molecule has 0 aromatic heterocycles. The Morgan fingerprint density at radius 1 is 1.03 bits per heavy atom. The van der Waals surface area contributed by atoms with Crippen LogP contribution < -0.4 is 21.1 Å². The van der Waals surface area contributed by atoms with Crippen molar-refractivity contribution >= 4 is 11.8 Å². The number of rotatable bonds is 8. The molecule has 2 rings (SSSR count). The molecule has 30 heavy (non-hydrogen) atoms. The number of alkyl halides is 3. The van der Waals surface area contributed by atoms with Crippen LogP contribution in [-0.4, -0.2) is 31.1 Å². The van der Waals surface area contributed by atoms with E-state index in [-0.39, 0.29) is 24.8 Å². The maximum Gasteiger partial charge on any atom is 0.419 e. The van der Waals surface area contributed by atoms with Crippen LogP contribution in [0.3, 0.4) is 0 Å². The molecule has 2 aromatic rings. The van der Waals surface area contributed by atoms with Crippen molar-refractivity contribution in [1.82, 2.24) is 10.6 Å². The highest BCUT2D eigenvalue weighted by molar-refractivity contribution is 5.94. The van der Waals surface area contributed by atoms with Gasteiger partial charge in [-0.15, -0.1) is 0 Å². The molecule has 0 radical (unpaired) electrons. The van der Waals surface area contributed by atoms with Crippen molar-refractivity contribution in [3.05, 3.63) is 65.2 Å². The minimum absolute atomic E-state index is 0.110. The number of nitrogens with two attached hydrogens (primary N) is 1. The summed E-state index contributed by atoms with van der Waals surface area (Å²) in [6.45, 7) is 3.68. The van der Waals surface area contributed by atoms with Crippen molar-refractivity contribution in [2.75, 3.05) is 13.2 Å². The van der Waals surface area contributed by atoms with E-state index < -0.39 is 23.2 Å². The number of hydrogen-bond donors (Lipinski definition) is 3. The van der Waals surface area contributed by atoms with Crippen molar-refractivity contribution in [1.29, 1.82) is 0 Å². The topological polar surface area (TPSA) is 93.5 Å². The van der Waals surface area contributed by atoms with Crippen molar-refractivity contribution in [3.63, 3.8) is 0 Å². The van der Waals surface area contributed by atoms with E-state index in [0.717, 1.165) is 6.07 Å². The van der Waals surface area contributed by atoms with Crippen LogP contribution in [0.4, 0.5) is 13.2 Å². The van der Waals surface area contributed by atoms with Crippen molar-refractivity contribution < 1.29 is 27.5 Å². The van der Waals surface area contributed by atoms with Gasteiger partial charge in [0.15, 0.2) is 0 Å². The lowest BCUT2D eigenvalue weighted by molar-refractivity contribution is -0.194. The van der Waals surface area contributed by atoms with E-state index >= 15 is 0 Å². The molecule has 162 valence electrons. The number of halogens is 3. The second kappa shape index (κ2) is 9.62. The van der Waals surface area contributed by atoms with E-state index in [1.54, 1.807) is 32.0 Å². The largest absolute Gasteiger partial charge is 0.494 e. The summed E-state index contributed by atoms with van der Waals surface area (Å²) in [6, 6.07) is 11.5. The molecule has 6 nitrogen and oxygen atoms in total. The van der Waals surface area contributed by atoms with E-state index in [2.05, 4.69) is 10.6 Å². The molecular weight excluding hydrogens is 399 g/mol. The molecule has 2 amide bonds. The number of carbonyl (C=O) groups excluding carboxylic acids is 2. The molecule has 4 N–H and O–H groups in total. The monoisotopic (exact) mass is 423 g/mol. The number of ether oxygens (including phenoxy) is 1. The number of hydrogen-bond acceptors (Lipinski definition) is 4. The molecule has 0 aliphatic rings. The van der Waals surface area contributed by atoms with Gasteiger partial charge in [0.05, 0.1) is 6.61 Å². The van der Waals surface area contributed by atoms with Gasteiger partial charge < -0.3 is 21.1 Å². The van der Waals surface area contributed by atoms with E-state index in [4.69, 9.17) is 10.5 Å². The molecule has 2 aromatic carbocycles. The Morgan fingerprint density at radius 3 is 2.37 bits per heavy atom. The third kappa shape index (κ3) is 4.91. The fourth-order valence-electron chi connectivity index (χ4n) is 2.88. The molecule has 0 unspecified atom stereocenters. The van der Waals surface area contributed by atoms with Gasteiger partial charge in [-0.2, -0.15) is 13.2 Å². The summed E-state index contributed by atoms with van der Waals surface area (Å²) in [5, 5.41) is 4.87. The maximum absolute atomic E-state index is 13.9. The zero-order valence-electron chi connectivity index (χ0n) is 16.7. The predicted octanol–water partition coefficient (Wildman–Crippen LogP) is 2.87. The zero-order valence-corrected chi connectivity index (χ0v) is 16.7. The lowest BCUT2D eigenvalue weighted by Crippen LogP contribution is -2.60. The summed E-state index contributed by atoms with van der Waals surface area (Å²) in [5.74, 6) is -1.86. The Kier molecular flexibility index (Phi) is 7.44. The minimum Gasteiger partial charge on any atom is -0.494 e. The molecule has 0 heterocycles. The average Bonchev–Trinajstić information content (AvgIpc) is 2.71. The van der Waals surface area contributed by atoms with Crippen LogP contribution in [0.5, 0.6) is 5.75 Å². The summed E-state index contributed by atoms with van der Waals surface area (Å²) in [6.07, 6.45) is -5.08. The van der Waals surface area contributed by atoms with Crippen LogP contribution >= 0.6 is 0 Å². The number of carbonyl (C=O) groups is 2. The molecule has 0 bridgehead atoms. The van der Waals surface area contributed by atoms with Crippen LogP contribution in [-0.2, 0) is 16.9 Å². The van der Waals surface area contributed by atoms with Crippen molar-refractivity contribution in [2.24, 2.45) is 5.73 Å². The average molecular weight is 423 g/mol. The van der Waals surface area contributed by atoms with Gasteiger partial charge in [-0.3, -0.25) is 9.59 Å². The van der Waals surface area contributed by atoms with Gasteiger partial charge in [0.2, 0.25) is 5.54 Å². The lowest BCUT2D eigenvalue weighted by Gasteiger charge is -2.32. The second-order valence-corrected chi connectivity index (χ2v) is 6.48. The minimum atomic E-state index is -5.08. The molecular formula is C21H24F3N3O3. The first-order valence-electron chi connectivity index (χ1n) is 9.38. The third-order valence-corrected chi connectivity index (χ3v) is 4.40. The van der Waals surface area contributed by atoms with E-state index in [1.165, 1.54) is 24.3 Å². The van der Waals surface area contributed by atoms with Gasteiger partial charge in [-0.05, 0) is 37.6 Å². The molecule has 0 fully saturated rings. The number of nitrogens with one attached hydrogen (secondary N) is 2.